The van der Waals surface area contributed by atoms with Crippen LogP contribution in [-0.4, -0.2) is 28.5 Å². The number of Topliss-reactive ketones (excluding diaryl/α,β-unsaturated/α-hetero) is 1. The van der Waals surface area contributed by atoms with Crippen LogP contribution >= 0.6 is 0 Å². The zero-order valence-electron chi connectivity index (χ0n) is 21.1. The number of benzene rings is 3. The van der Waals surface area contributed by atoms with Gasteiger partial charge in [0.2, 0.25) is 5.91 Å². The van der Waals surface area contributed by atoms with E-state index in [4.69, 9.17) is 0 Å². The maximum absolute atomic E-state index is 13.8. The number of amides is 1. The lowest BCUT2D eigenvalue weighted by Gasteiger charge is -2.24. The van der Waals surface area contributed by atoms with Crippen LogP contribution in [0.1, 0.15) is 41.8 Å². The van der Waals surface area contributed by atoms with Crippen LogP contribution in [-0.2, 0) is 35.4 Å². The minimum absolute atomic E-state index is 0.0406. The maximum Gasteiger partial charge on any atom is 0.230 e. The number of carbonyl (C=O) groups is 2. The van der Waals surface area contributed by atoms with Crippen molar-refractivity contribution in [1.29, 1.82) is 0 Å². The molecule has 1 heterocycles. The molecule has 5 rings (SSSR count). The Hall–Kier alpha value is -3.73. The van der Waals surface area contributed by atoms with Gasteiger partial charge in [-0.15, -0.1) is 0 Å². The summed E-state index contributed by atoms with van der Waals surface area (Å²) in [5.74, 6) is -0.433. The number of anilines is 1. The van der Waals surface area contributed by atoms with Crippen molar-refractivity contribution in [2.75, 3.05) is 11.9 Å². The van der Waals surface area contributed by atoms with Crippen molar-refractivity contribution >= 4 is 28.2 Å². The van der Waals surface area contributed by atoms with Gasteiger partial charge in [0, 0.05) is 30.8 Å². The van der Waals surface area contributed by atoms with E-state index in [1.54, 1.807) is 4.90 Å². The van der Waals surface area contributed by atoms with Crippen LogP contribution < -0.4 is 4.90 Å². The van der Waals surface area contributed by atoms with E-state index in [9.17, 15) is 9.59 Å². The van der Waals surface area contributed by atoms with Gasteiger partial charge in [0.15, 0.2) is 5.78 Å². The average molecular weight is 480 g/mol. The largest absolute Gasteiger partial charge is 0.315 e. The smallest absolute Gasteiger partial charge is 0.230 e. The summed E-state index contributed by atoms with van der Waals surface area (Å²) in [6.45, 7) is 2.26. The molecule has 3 aromatic carbocycles. The fraction of sp³-hybridized carbons (Fsp3) is 0.323. The second-order valence-corrected chi connectivity index (χ2v) is 9.93. The first-order valence-corrected chi connectivity index (χ1v) is 12.9. The van der Waals surface area contributed by atoms with E-state index in [1.165, 1.54) is 17.7 Å². The van der Waals surface area contributed by atoms with Crippen molar-refractivity contribution in [2.24, 2.45) is 5.92 Å². The number of rotatable bonds is 8. The first kappa shape index (κ1) is 24.0. The van der Waals surface area contributed by atoms with E-state index >= 15 is 0 Å². The van der Waals surface area contributed by atoms with Crippen molar-refractivity contribution < 1.29 is 9.59 Å². The molecule has 0 radical (unpaired) electrons. The molecule has 0 bridgehead atoms. The van der Waals surface area contributed by atoms with Crippen LogP contribution in [0.25, 0.3) is 10.8 Å². The summed E-state index contributed by atoms with van der Waals surface area (Å²) in [6.07, 6.45) is 5.06. The van der Waals surface area contributed by atoms with Gasteiger partial charge in [0.05, 0.1) is 12.2 Å². The third kappa shape index (κ3) is 5.11. The second-order valence-electron chi connectivity index (χ2n) is 9.93. The molecular formula is C31H33N3O2. The molecule has 1 aliphatic rings. The van der Waals surface area contributed by atoms with Crippen molar-refractivity contribution in [1.82, 2.24) is 9.78 Å². The maximum atomic E-state index is 13.8. The van der Waals surface area contributed by atoms with Gasteiger partial charge in [-0.3, -0.25) is 14.3 Å². The van der Waals surface area contributed by atoms with Gasteiger partial charge in [-0.05, 0) is 73.1 Å². The van der Waals surface area contributed by atoms with E-state index < -0.39 is 5.92 Å². The van der Waals surface area contributed by atoms with Gasteiger partial charge in [0.1, 0.15) is 0 Å². The van der Waals surface area contributed by atoms with Crippen molar-refractivity contribution in [2.45, 2.75) is 52.0 Å². The Bertz CT molecular complexity index is 1390. The Balaban J connectivity index is 1.37. The molecule has 1 amide bonds. The van der Waals surface area contributed by atoms with E-state index in [0.717, 1.165) is 47.0 Å². The molecule has 0 saturated heterocycles. The first-order chi connectivity index (χ1) is 17.5. The van der Waals surface area contributed by atoms with Gasteiger partial charge in [-0.2, -0.15) is 5.10 Å². The van der Waals surface area contributed by atoms with E-state index in [0.29, 0.717) is 6.42 Å². The molecule has 0 aliphatic heterocycles. The Morgan fingerprint density at radius 1 is 0.944 bits per heavy atom. The molecule has 184 valence electrons. The summed E-state index contributed by atoms with van der Waals surface area (Å²) in [7, 11) is 1.81. The van der Waals surface area contributed by atoms with Gasteiger partial charge >= 0.3 is 0 Å². The van der Waals surface area contributed by atoms with Crippen molar-refractivity contribution in [3.63, 3.8) is 0 Å². The fourth-order valence-corrected chi connectivity index (χ4v) is 5.43. The minimum Gasteiger partial charge on any atom is -0.315 e. The number of aromatic nitrogens is 2. The summed E-state index contributed by atoms with van der Waals surface area (Å²) in [5, 5.41) is 6.90. The van der Waals surface area contributed by atoms with Gasteiger partial charge in [-0.25, -0.2) is 0 Å². The SMILES string of the molecule is Cc1nn(CC(=O)C[C@@H](Cc2ccccc2)C(=O)N(C)c2ccc3ccccc3c2)c2c1CCCC2. The Morgan fingerprint density at radius 3 is 2.47 bits per heavy atom. The third-order valence-corrected chi connectivity index (χ3v) is 7.38. The van der Waals surface area contributed by atoms with Crippen molar-refractivity contribution in [3.05, 3.63) is 95.3 Å². The van der Waals surface area contributed by atoms with Crippen LogP contribution in [0.2, 0.25) is 0 Å². The molecule has 0 spiro atoms. The Morgan fingerprint density at radius 2 is 1.67 bits per heavy atom. The van der Waals surface area contributed by atoms with E-state index in [1.807, 2.05) is 79.3 Å². The normalized spacial score (nSPS) is 13.8. The number of nitrogens with zero attached hydrogens (tertiary/aromatic N) is 3. The van der Waals surface area contributed by atoms with Gasteiger partial charge in [-0.1, -0.05) is 60.7 Å². The number of hydrogen-bond acceptors (Lipinski definition) is 3. The Kier molecular flexibility index (Phi) is 6.99. The zero-order valence-corrected chi connectivity index (χ0v) is 21.1. The number of fused-ring (bicyclic) bond motifs is 2. The highest BCUT2D eigenvalue weighted by Crippen LogP contribution is 2.26. The summed E-state index contributed by atoms with van der Waals surface area (Å²) >= 11 is 0. The molecular weight excluding hydrogens is 446 g/mol. The topological polar surface area (TPSA) is 55.2 Å². The number of aryl methyl sites for hydroxylation is 1. The lowest BCUT2D eigenvalue weighted by molar-refractivity contribution is -0.127. The van der Waals surface area contributed by atoms with Gasteiger partial charge < -0.3 is 4.90 Å². The summed E-state index contributed by atoms with van der Waals surface area (Å²) in [4.78, 5) is 28.8. The molecule has 0 saturated carbocycles. The molecule has 1 atom stereocenters. The molecule has 36 heavy (non-hydrogen) atoms. The predicted octanol–water partition coefficient (Wildman–Crippen LogP) is 5.70. The summed E-state index contributed by atoms with van der Waals surface area (Å²) in [5.41, 5.74) is 5.43. The van der Waals surface area contributed by atoms with Crippen LogP contribution in [0.4, 0.5) is 5.69 Å². The fourth-order valence-electron chi connectivity index (χ4n) is 5.43. The summed E-state index contributed by atoms with van der Waals surface area (Å²) in [6, 6.07) is 24.1. The summed E-state index contributed by atoms with van der Waals surface area (Å²) < 4.78 is 1.89. The highest BCUT2D eigenvalue weighted by molar-refractivity contribution is 5.99. The third-order valence-electron chi connectivity index (χ3n) is 7.38. The predicted molar refractivity (Wildman–Crippen MR) is 144 cm³/mol. The zero-order chi connectivity index (χ0) is 25.1. The number of hydrogen-bond donors (Lipinski definition) is 0. The second kappa shape index (κ2) is 10.5. The molecule has 0 unspecified atom stereocenters. The molecule has 0 fully saturated rings. The highest BCUT2D eigenvalue weighted by atomic mass is 16.2. The average Bonchev–Trinajstić information content (AvgIpc) is 3.22. The van der Waals surface area contributed by atoms with E-state index in [2.05, 4.69) is 17.2 Å². The number of ketones is 1. The van der Waals surface area contributed by atoms with E-state index in [-0.39, 0.29) is 24.7 Å². The van der Waals surface area contributed by atoms with Crippen LogP contribution in [0.5, 0.6) is 0 Å². The molecule has 1 aromatic heterocycles. The van der Waals surface area contributed by atoms with Crippen LogP contribution in [0.15, 0.2) is 72.8 Å². The number of carbonyl (C=O) groups excluding carboxylic acids is 2. The Labute approximate surface area is 212 Å². The standard InChI is InChI=1S/C31H33N3O2/c1-22-29-14-8-9-15-30(29)34(32-22)21-28(35)20-26(18-23-10-4-3-5-11-23)31(36)33(2)27-17-16-24-12-6-7-13-25(24)19-27/h3-7,10-13,16-17,19,26H,8-9,14-15,18,20-21H2,1-2H3/t26-/m1/s1. The minimum atomic E-state index is -0.441. The molecule has 4 aromatic rings. The highest BCUT2D eigenvalue weighted by Gasteiger charge is 2.27. The first-order valence-electron chi connectivity index (χ1n) is 12.9. The van der Waals surface area contributed by atoms with Gasteiger partial charge in [0.25, 0.3) is 0 Å². The van der Waals surface area contributed by atoms with Crippen LogP contribution in [0, 0.1) is 12.8 Å². The molecule has 5 heteroatoms. The molecule has 5 nitrogen and oxygen atoms in total. The molecule has 1 aliphatic carbocycles. The van der Waals surface area contributed by atoms with Crippen molar-refractivity contribution in [3.8, 4) is 0 Å². The monoisotopic (exact) mass is 479 g/mol. The quantitative estimate of drug-likeness (QED) is 0.326. The molecule has 0 N–H and O–H groups in total. The van der Waals surface area contributed by atoms with Crippen LogP contribution in [0.3, 0.4) is 0 Å². The lowest BCUT2D eigenvalue weighted by Crippen LogP contribution is -2.35. The lowest BCUT2D eigenvalue weighted by atomic mass is 9.92.